The molecule has 1 amide bonds. The van der Waals surface area contributed by atoms with Crippen LogP contribution in [0.1, 0.15) is 23.2 Å². The Balaban J connectivity index is 0.00000242. The van der Waals surface area contributed by atoms with Crippen LogP contribution < -0.4 is 20.9 Å². The predicted octanol–water partition coefficient (Wildman–Crippen LogP) is 0.232. The van der Waals surface area contributed by atoms with Crippen LogP contribution in [0.25, 0.3) is 0 Å². The lowest BCUT2D eigenvalue weighted by Crippen LogP contribution is -2.38. The Kier molecular flexibility index (Phi) is 6.18. The van der Waals surface area contributed by atoms with Crippen LogP contribution in [0.3, 0.4) is 0 Å². The number of carbonyl (C=O) groups excluding carboxylic acids is 1. The van der Waals surface area contributed by atoms with Gasteiger partial charge in [-0.15, -0.1) is 12.4 Å². The summed E-state index contributed by atoms with van der Waals surface area (Å²) >= 11 is 0. The Labute approximate surface area is 135 Å². The van der Waals surface area contributed by atoms with Crippen molar-refractivity contribution in [3.05, 3.63) is 23.8 Å². The third-order valence-corrected chi connectivity index (χ3v) is 4.38. The number of carbonyl (C=O) groups is 1. The molecule has 0 aliphatic heterocycles. The smallest absolute Gasteiger partial charge is 0.255 e. The molecular formula is C13H20ClN3O4S. The standard InChI is InChI=1S/C13H19N3O4S.ClH/c1-20-12-5-4-9(21(15,18)19)6-10(12)13(17)16-7-11(14)8-2-3-8;/h4-6,8,11H,2-3,7,14H2,1H3,(H,16,17)(H2,15,18,19);1H. The molecule has 1 aliphatic rings. The molecule has 0 spiro atoms. The van der Waals surface area contributed by atoms with Crippen molar-refractivity contribution in [2.24, 2.45) is 16.8 Å². The monoisotopic (exact) mass is 349 g/mol. The highest BCUT2D eigenvalue weighted by Crippen LogP contribution is 2.31. The summed E-state index contributed by atoms with van der Waals surface area (Å²) in [6.45, 7) is 0.340. The van der Waals surface area contributed by atoms with E-state index in [1.807, 2.05) is 0 Å². The number of methoxy groups -OCH3 is 1. The van der Waals surface area contributed by atoms with Crippen molar-refractivity contribution in [1.82, 2.24) is 5.32 Å². The first-order chi connectivity index (χ1) is 9.82. The molecule has 5 N–H and O–H groups in total. The molecule has 1 aromatic rings. The quantitative estimate of drug-likeness (QED) is 0.678. The van der Waals surface area contributed by atoms with E-state index < -0.39 is 15.9 Å². The number of rotatable bonds is 6. The van der Waals surface area contributed by atoms with Gasteiger partial charge in [-0.3, -0.25) is 4.79 Å². The number of ether oxygens (including phenoxy) is 1. The summed E-state index contributed by atoms with van der Waals surface area (Å²) in [5, 5.41) is 7.76. The normalized spacial score (nSPS) is 15.6. The van der Waals surface area contributed by atoms with Gasteiger partial charge in [0.05, 0.1) is 17.6 Å². The van der Waals surface area contributed by atoms with Crippen molar-refractivity contribution < 1.29 is 17.9 Å². The molecule has 1 aromatic carbocycles. The molecular weight excluding hydrogens is 330 g/mol. The Morgan fingerprint density at radius 3 is 2.59 bits per heavy atom. The lowest BCUT2D eigenvalue weighted by molar-refractivity contribution is 0.0947. The van der Waals surface area contributed by atoms with Gasteiger partial charge in [-0.25, -0.2) is 13.6 Å². The van der Waals surface area contributed by atoms with Crippen LogP contribution in [0.5, 0.6) is 5.75 Å². The number of amides is 1. The van der Waals surface area contributed by atoms with Gasteiger partial charge < -0.3 is 15.8 Å². The molecule has 22 heavy (non-hydrogen) atoms. The summed E-state index contributed by atoms with van der Waals surface area (Å²) in [6.07, 6.45) is 2.17. The third kappa shape index (κ3) is 4.57. The zero-order valence-corrected chi connectivity index (χ0v) is 13.7. The molecule has 7 nitrogen and oxygen atoms in total. The Morgan fingerprint density at radius 1 is 1.45 bits per heavy atom. The molecule has 1 unspecified atom stereocenters. The number of halogens is 1. The molecule has 0 radical (unpaired) electrons. The van der Waals surface area contributed by atoms with Crippen LogP contribution in [0.15, 0.2) is 23.1 Å². The van der Waals surface area contributed by atoms with Gasteiger partial charge in [0.2, 0.25) is 10.0 Å². The lowest BCUT2D eigenvalue weighted by Gasteiger charge is -2.13. The number of hydrogen-bond donors (Lipinski definition) is 3. The average molecular weight is 350 g/mol. The highest BCUT2D eigenvalue weighted by molar-refractivity contribution is 7.89. The highest BCUT2D eigenvalue weighted by Gasteiger charge is 2.28. The number of hydrogen-bond acceptors (Lipinski definition) is 5. The van der Waals surface area contributed by atoms with Gasteiger partial charge in [-0.05, 0) is 37.0 Å². The molecule has 1 fully saturated rings. The Morgan fingerprint density at radius 2 is 2.09 bits per heavy atom. The van der Waals surface area contributed by atoms with E-state index in [4.69, 9.17) is 15.6 Å². The molecule has 0 bridgehead atoms. The molecule has 124 valence electrons. The van der Waals surface area contributed by atoms with E-state index in [0.29, 0.717) is 12.5 Å². The van der Waals surface area contributed by atoms with Gasteiger partial charge >= 0.3 is 0 Å². The molecule has 1 atom stereocenters. The summed E-state index contributed by atoms with van der Waals surface area (Å²) in [5.41, 5.74) is 6.03. The summed E-state index contributed by atoms with van der Waals surface area (Å²) in [4.78, 5) is 12.0. The average Bonchev–Trinajstić information content (AvgIpc) is 3.27. The number of nitrogens with two attached hydrogens (primary N) is 2. The fourth-order valence-electron chi connectivity index (χ4n) is 2.04. The second-order valence-electron chi connectivity index (χ2n) is 5.12. The van der Waals surface area contributed by atoms with Gasteiger partial charge in [0, 0.05) is 12.6 Å². The van der Waals surface area contributed by atoms with Crippen molar-refractivity contribution in [3.63, 3.8) is 0 Å². The van der Waals surface area contributed by atoms with Crippen molar-refractivity contribution in [2.75, 3.05) is 13.7 Å². The van der Waals surface area contributed by atoms with Crippen LogP contribution in [-0.2, 0) is 10.0 Å². The molecule has 2 rings (SSSR count). The van der Waals surface area contributed by atoms with Gasteiger partial charge in [-0.1, -0.05) is 0 Å². The van der Waals surface area contributed by atoms with Crippen LogP contribution in [0, 0.1) is 5.92 Å². The van der Waals surface area contributed by atoms with Gasteiger partial charge in [0.15, 0.2) is 0 Å². The minimum Gasteiger partial charge on any atom is -0.496 e. The number of nitrogens with one attached hydrogen (secondary N) is 1. The fraction of sp³-hybridized carbons (Fsp3) is 0.462. The van der Waals surface area contributed by atoms with Gasteiger partial charge in [0.25, 0.3) is 5.91 Å². The molecule has 0 aromatic heterocycles. The fourth-order valence-corrected chi connectivity index (χ4v) is 2.58. The molecule has 9 heteroatoms. The zero-order chi connectivity index (χ0) is 15.6. The topological polar surface area (TPSA) is 125 Å². The van der Waals surface area contributed by atoms with Gasteiger partial charge in [0.1, 0.15) is 5.75 Å². The largest absolute Gasteiger partial charge is 0.496 e. The van der Waals surface area contributed by atoms with Crippen molar-refractivity contribution in [2.45, 2.75) is 23.8 Å². The number of sulfonamides is 1. The zero-order valence-electron chi connectivity index (χ0n) is 12.1. The summed E-state index contributed by atoms with van der Waals surface area (Å²) in [5.74, 6) is 0.302. The minimum atomic E-state index is -3.88. The van der Waals surface area contributed by atoms with Crippen molar-refractivity contribution in [3.8, 4) is 5.75 Å². The minimum absolute atomic E-state index is 0. The van der Waals surface area contributed by atoms with Gasteiger partial charge in [-0.2, -0.15) is 0 Å². The Bertz CT molecular complexity index is 647. The summed E-state index contributed by atoms with van der Waals surface area (Å²) < 4.78 is 27.8. The van der Waals surface area contributed by atoms with E-state index in [1.165, 1.54) is 25.3 Å². The van der Waals surface area contributed by atoms with E-state index in [-0.39, 0.29) is 34.7 Å². The number of benzene rings is 1. The maximum atomic E-state index is 12.2. The van der Waals surface area contributed by atoms with Crippen LogP contribution in [0.4, 0.5) is 0 Å². The molecule has 0 heterocycles. The first-order valence-electron chi connectivity index (χ1n) is 6.57. The number of primary sulfonamides is 1. The van der Waals surface area contributed by atoms with Crippen molar-refractivity contribution >= 4 is 28.3 Å². The van der Waals surface area contributed by atoms with E-state index >= 15 is 0 Å². The first kappa shape index (κ1) is 18.7. The SMILES string of the molecule is COc1ccc(S(N)(=O)=O)cc1C(=O)NCC(N)C1CC1.Cl. The van der Waals surface area contributed by atoms with Crippen molar-refractivity contribution in [1.29, 1.82) is 0 Å². The second kappa shape index (κ2) is 7.28. The molecule has 1 aliphatic carbocycles. The van der Waals surface area contributed by atoms with Crippen LogP contribution >= 0.6 is 12.4 Å². The second-order valence-corrected chi connectivity index (χ2v) is 6.68. The molecule has 0 saturated heterocycles. The maximum absolute atomic E-state index is 12.2. The highest BCUT2D eigenvalue weighted by atomic mass is 35.5. The first-order valence-corrected chi connectivity index (χ1v) is 8.12. The van der Waals surface area contributed by atoms with E-state index in [2.05, 4.69) is 5.32 Å². The third-order valence-electron chi connectivity index (χ3n) is 3.47. The van der Waals surface area contributed by atoms with E-state index in [1.54, 1.807) is 0 Å². The maximum Gasteiger partial charge on any atom is 0.255 e. The Hall–Kier alpha value is -1.35. The summed E-state index contributed by atoms with van der Waals surface area (Å²) in [6, 6.07) is 3.81. The summed E-state index contributed by atoms with van der Waals surface area (Å²) in [7, 11) is -2.48. The van der Waals surface area contributed by atoms with E-state index in [9.17, 15) is 13.2 Å². The predicted molar refractivity (Wildman–Crippen MR) is 84.6 cm³/mol. The van der Waals surface area contributed by atoms with Crippen LogP contribution in [-0.4, -0.2) is 34.0 Å². The van der Waals surface area contributed by atoms with Crippen LogP contribution in [0.2, 0.25) is 0 Å². The lowest BCUT2D eigenvalue weighted by atomic mass is 10.1. The van der Waals surface area contributed by atoms with E-state index in [0.717, 1.165) is 12.8 Å². The molecule has 1 saturated carbocycles.